The van der Waals surface area contributed by atoms with E-state index < -0.39 is 29.7 Å². The van der Waals surface area contributed by atoms with E-state index in [2.05, 4.69) is 5.32 Å². The Morgan fingerprint density at radius 1 is 1.33 bits per heavy atom. The van der Waals surface area contributed by atoms with Crippen LogP contribution in [0.3, 0.4) is 0 Å². The van der Waals surface area contributed by atoms with E-state index in [1.807, 2.05) is 0 Å². The van der Waals surface area contributed by atoms with Crippen LogP contribution in [-0.2, 0) is 19.1 Å². The van der Waals surface area contributed by atoms with E-state index >= 15 is 0 Å². The number of likely N-dealkylation sites (tertiary alicyclic amines) is 1. The molecule has 2 aliphatic rings. The highest BCUT2D eigenvalue weighted by Crippen LogP contribution is 2.30. The van der Waals surface area contributed by atoms with Gasteiger partial charge in [0.25, 0.3) is 5.91 Å². The van der Waals surface area contributed by atoms with Gasteiger partial charge in [0.05, 0.1) is 16.6 Å². The Balaban J connectivity index is 1.54. The van der Waals surface area contributed by atoms with Crippen LogP contribution in [0.5, 0.6) is 0 Å². The zero-order chi connectivity index (χ0) is 19.6. The molecule has 1 saturated heterocycles. The first-order valence-corrected chi connectivity index (χ1v) is 9.49. The van der Waals surface area contributed by atoms with Crippen LogP contribution in [0.15, 0.2) is 18.2 Å². The number of ether oxygens (including phenoxy) is 1. The zero-order valence-corrected chi connectivity index (χ0v) is 15.8. The lowest BCUT2D eigenvalue weighted by atomic mass is 10.1. The molecule has 6 nitrogen and oxygen atoms in total. The van der Waals surface area contributed by atoms with Crippen molar-refractivity contribution in [2.45, 2.75) is 51.2 Å². The second-order valence-electron chi connectivity index (χ2n) is 7.08. The second-order valence-corrected chi connectivity index (χ2v) is 7.49. The molecule has 0 aromatic heterocycles. The minimum Gasteiger partial charge on any atom is -0.452 e. The quantitative estimate of drug-likeness (QED) is 0.776. The number of benzene rings is 1. The number of halogens is 2. The van der Waals surface area contributed by atoms with E-state index in [0.717, 1.165) is 31.7 Å². The lowest BCUT2D eigenvalue weighted by Crippen LogP contribution is -2.36. The SMILES string of the molecule is C[C@H](OC(=O)[C@H]1CC(=O)N(C2CCCC2)C1)C(=O)Nc1ccc(F)cc1Cl. The van der Waals surface area contributed by atoms with E-state index in [0.29, 0.717) is 6.54 Å². The Bertz CT molecular complexity index is 751. The lowest BCUT2D eigenvalue weighted by molar-refractivity contribution is -0.157. The maximum Gasteiger partial charge on any atom is 0.312 e. The van der Waals surface area contributed by atoms with Crippen LogP contribution in [0.2, 0.25) is 5.02 Å². The number of nitrogens with one attached hydrogen (secondary N) is 1. The highest BCUT2D eigenvalue weighted by atomic mass is 35.5. The summed E-state index contributed by atoms with van der Waals surface area (Å²) in [6.07, 6.45) is 3.22. The number of rotatable bonds is 5. The smallest absolute Gasteiger partial charge is 0.312 e. The molecule has 2 fully saturated rings. The Kier molecular flexibility index (Phi) is 5.99. The molecule has 2 atom stereocenters. The van der Waals surface area contributed by atoms with Crippen LogP contribution < -0.4 is 5.32 Å². The van der Waals surface area contributed by atoms with Crippen LogP contribution in [0.25, 0.3) is 0 Å². The number of carbonyl (C=O) groups excluding carboxylic acids is 3. The van der Waals surface area contributed by atoms with Gasteiger partial charge in [-0.15, -0.1) is 0 Å². The van der Waals surface area contributed by atoms with Gasteiger partial charge in [-0.25, -0.2) is 4.39 Å². The van der Waals surface area contributed by atoms with Crippen molar-refractivity contribution in [1.29, 1.82) is 0 Å². The summed E-state index contributed by atoms with van der Waals surface area (Å²) in [5, 5.41) is 2.55. The third-order valence-electron chi connectivity index (χ3n) is 5.11. The van der Waals surface area contributed by atoms with E-state index in [1.54, 1.807) is 4.90 Å². The normalized spacial score (nSPS) is 21.4. The largest absolute Gasteiger partial charge is 0.452 e. The molecule has 0 radical (unpaired) electrons. The Morgan fingerprint density at radius 2 is 2.04 bits per heavy atom. The molecule has 1 aromatic rings. The summed E-state index contributed by atoms with van der Waals surface area (Å²) in [4.78, 5) is 38.6. The summed E-state index contributed by atoms with van der Waals surface area (Å²) in [6, 6.07) is 3.80. The van der Waals surface area contributed by atoms with E-state index in [9.17, 15) is 18.8 Å². The van der Waals surface area contributed by atoms with Crippen molar-refractivity contribution in [1.82, 2.24) is 4.90 Å². The predicted octanol–water partition coefficient (Wildman–Crippen LogP) is 3.14. The zero-order valence-electron chi connectivity index (χ0n) is 15.0. The number of nitrogens with zero attached hydrogens (tertiary/aromatic N) is 1. The molecule has 0 unspecified atom stereocenters. The van der Waals surface area contributed by atoms with Gasteiger partial charge in [0.1, 0.15) is 5.82 Å². The first-order valence-electron chi connectivity index (χ1n) is 9.11. The summed E-state index contributed by atoms with van der Waals surface area (Å²) >= 11 is 5.88. The molecule has 2 amide bonds. The van der Waals surface area contributed by atoms with Gasteiger partial charge in [-0.3, -0.25) is 14.4 Å². The molecule has 1 heterocycles. The lowest BCUT2D eigenvalue weighted by Gasteiger charge is -2.24. The average Bonchev–Trinajstić information content (AvgIpc) is 3.26. The van der Waals surface area contributed by atoms with E-state index in [-0.39, 0.29) is 29.1 Å². The van der Waals surface area contributed by atoms with Gasteiger partial charge >= 0.3 is 5.97 Å². The molecular weight excluding hydrogens is 375 g/mol. The minimum atomic E-state index is -1.06. The van der Waals surface area contributed by atoms with Gasteiger partial charge in [0.2, 0.25) is 5.91 Å². The van der Waals surface area contributed by atoms with Crippen LogP contribution >= 0.6 is 11.6 Å². The number of amides is 2. The summed E-state index contributed by atoms with van der Waals surface area (Å²) in [5.41, 5.74) is 0.231. The van der Waals surface area contributed by atoms with Crippen LogP contribution in [0.4, 0.5) is 10.1 Å². The molecule has 0 bridgehead atoms. The minimum absolute atomic E-state index is 0.0287. The van der Waals surface area contributed by atoms with Crippen molar-refractivity contribution in [2.75, 3.05) is 11.9 Å². The highest BCUT2D eigenvalue weighted by molar-refractivity contribution is 6.33. The van der Waals surface area contributed by atoms with Crippen molar-refractivity contribution in [3.8, 4) is 0 Å². The van der Waals surface area contributed by atoms with Crippen molar-refractivity contribution < 1.29 is 23.5 Å². The molecule has 1 aliphatic heterocycles. The number of anilines is 1. The maximum atomic E-state index is 13.1. The highest BCUT2D eigenvalue weighted by Gasteiger charge is 2.40. The van der Waals surface area contributed by atoms with Crippen LogP contribution in [0, 0.1) is 11.7 Å². The maximum absolute atomic E-state index is 13.1. The summed E-state index contributed by atoms with van der Waals surface area (Å²) in [7, 11) is 0. The number of carbonyl (C=O) groups is 3. The van der Waals surface area contributed by atoms with Crippen molar-refractivity contribution in [2.24, 2.45) is 5.92 Å². The van der Waals surface area contributed by atoms with Crippen LogP contribution in [-0.4, -0.2) is 41.4 Å². The number of hydrogen-bond donors (Lipinski definition) is 1. The summed E-state index contributed by atoms with van der Waals surface area (Å²) in [5.74, 6) is -2.23. The molecule has 27 heavy (non-hydrogen) atoms. The number of hydrogen-bond acceptors (Lipinski definition) is 4. The molecule has 1 saturated carbocycles. The third kappa shape index (κ3) is 4.58. The van der Waals surface area contributed by atoms with Gasteiger partial charge in [-0.2, -0.15) is 0 Å². The first kappa shape index (κ1) is 19.6. The van der Waals surface area contributed by atoms with Crippen LogP contribution in [0.1, 0.15) is 39.0 Å². The second kappa shape index (κ2) is 8.25. The summed E-state index contributed by atoms with van der Waals surface area (Å²) in [6.45, 7) is 1.79. The molecule has 1 N–H and O–H groups in total. The number of esters is 1. The first-order chi connectivity index (χ1) is 12.8. The Hall–Kier alpha value is -2.15. The standard InChI is InChI=1S/C19H22ClFN2O4/c1-11(18(25)22-16-7-6-13(21)9-15(16)20)27-19(26)12-8-17(24)23(10-12)14-4-2-3-5-14/h6-7,9,11-12,14H,2-5,8,10H2,1H3,(H,22,25)/t11-,12-/m0/s1. The van der Waals surface area contributed by atoms with E-state index in [1.165, 1.54) is 19.1 Å². The van der Waals surface area contributed by atoms with Gasteiger partial charge < -0.3 is 15.0 Å². The molecule has 0 spiro atoms. The fraction of sp³-hybridized carbons (Fsp3) is 0.526. The monoisotopic (exact) mass is 396 g/mol. The fourth-order valence-corrected chi connectivity index (χ4v) is 3.82. The fourth-order valence-electron chi connectivity index (χ4n) is 3.61. The molecule has 146 valence electrons. The predicted molar refractivity (Wildman–Crippen MR) is 97.7 cm³/mol. The van der Waals surface area contributed by atoms with Gasteiger partial charge in [-0.05, 0) is 38.0 Å². The van der Waals surface area contributed by atoms with Gasteiger partial charge in [0.15, 0.2) is 6.10 Å². The Labute approximate surface area is 162 Å². The van der Waals surface area contributed by atoms with Crippen molar-refractivity contribution >= 4 is 35.1 Å². The van der Waals surface area contributed by atoms with Gasteiger partial charge in [0, 0.05) is 19.0 Å². The van der Waals surface area contributed by atoms with E-state index in [4.69, 9.17) is 16.3 Å². The molecule has 8 heteroatoms. The molecule has 1 aliphatic carbocycles. The summed E-state index contributed by atoms with van der Waals surface area (Å²) < 4.78 is 18.3. The molecule has 3 rings (SSSR count). The van der Waals surface area contributed by atoms with Crippen molar-refractivity contribution in [3.63, 3.8) is 0 Å². The third-order valence-corrected chi connectivity index (χ3v) is 5.42. The average molecular weight is 397 g/mol. The van der Waals surface area contributed by atoms with Gasteiger partial charge in [-0.1, -0.05) is 24.4 Å². The molecular formula is C19H22ClFN2O4. The Morgan fingerprint density at radius 3 is 2.70 bits per heavy atom. The molecule has 1 aromatic carbocycles. The topological polar surface area (TPSA) is 75.7 Å². The van der Waals surface area contributed by atoms with Crippen molar-refractivity contribution in [3.05, 3.63) is 29.0 Å².